The average molecular weight is 419 g/mol. The lowest BCUT2D eigenvalue weighted by Crippen LogP contribution is -2.52. The number of aliphatic carboxylic acids is 1. The molecule has 114 valence electrons. The Labute approximate surface area is 140 Å². The van der Waals surface area contributed by atoms with Crippen molar-refractivity contribution >= 4 is 43.7 Å². The first-order valence-electron chi connectivity index (χ1n) is 6.84. The molecule has 4 nitrogen and oxygen atoms in total. The number of hydrogen-bond donors (Lipinski definition) is 2. The first-order valence-corrected chi connectivity index (χ1v) is 8.42. The number of rotatable bonds is 3. The van der Waals surface area contributed by atoms with Crippen molar-refractivity contribution in [2.24, 2.45) is 5.41 Å². The number of amides is 1. The van der Waals surface area contributed by atoms with Crippen LogP contribution in [0.25, 0.3) is 0 Å². The number of halogens is 2. The lowest BCUT2D eigenvalue weighted by molar-refractivity contribution is -0.151. The van der Waals surface area contributed by atoms with E-state index >= 15 is 0 Å². The minimum atomic E-state index is -0.896. The maximum Gasteiger partial charge on any atom is 0.311 e. The van der Waals surface area contributed by atoms with Gasteiger partial charge in [-0.2, -0.15) is 0 Å². The van der Waals surface area contributed by atoms with Crippen LogP contribution in [0.3, 0.4) is 0 Å². The van der Waals surface area contributed by atoms with Crippen molar-refractivity contribution in [2.75, 3.05) is 0 Å². The number of hydrogen-bond acceptors (Lipinski definition) is 2. The van der Waals surface area contributed by atoms with E-state index < -0.39 is 11.4 Å². The van der Waals surface area contributed by atoms with E-state index in [1.807, 2.05) is 6.07 Å². The lowest BCUT2D eigenvalue weighted by Gasteiger charge is -2.38. The first kappa shape index (κ1) is 16.5. The van der Waals surface area contributed by atoms with Crippen molar-refractivity contribution in [1.82, 2.24) is 5.32 Å². The summed E-state index contributed by atoms with van der Waals surface area (Å²) in [6.07, 6.45) is 3.11. The monoisotopic (exact) mass is 417 g/mol. The van der Waals surface area contributed by atoms with Crippen LogP contribution < -0.4 is 5.32 Å². The summed E-state index contributed by atoms with van der Waals surface area (Å²) in [6, 6.07) is 5.00. The zero-order valence-corrected chi connectivity index (χ0v) is 14.8. The number of carboxylic acids is 1. The van der Waals surface area contributed by atoms with Crippen LogP contribution in [0, 0.1) is 5.41 Å². The Morgan fingerprint density at radius 3 is 2.71 bits per heavy atom. The van der Waals surface area contributed by atoms with E-state index in [4.69, 9.17) is 0 Å². The fourth-order valence-electron chi connectivity index (χ4n) is 2.73. The van der Waals surface area contributed by atoms with Crippen molar-refractivity contribution in [3.05, 3.63) is 32.7 Å². The van der Waals surface area contributed by atoms with E-state index in [9.17, 15) is 14.7 Å². The molecule has 1 fully saturated rings. The minimum absolute atomic E-state index is 0.248. The van der Waals surface area contributed by atoms with Crippen LogP contribution in [-0.2, 0) is 4.79 Å². The smallest absolute Gasteiger partial charge is 0.311 e. The summed E-state index contributed by atoms with van der Waals surface area (Å²) in [6.45, 7) is 1.72. The Kier molecular flexibility index (Phi) is 5.09. The highest BCUT2D eigenvalue weighted by atomic mass is 79.9. The summed E-state index contributed by atoms with van der Waals surface area (Å²) in [4.78, 5) is 24.0. The SMILES string of the molecule is CC1(C(=O)O)CCCCC1NC(=O)c1cc(Br)ccc1Br. The van der Waals surface area contributed by atoms with E-state index in [-0.39, 0.29) is 11.9 Å². The zero-order valence-electron chi connectivity index (χ0n) is 11.7. The molecule has 21 heavy (non-hydrogen) atoms. The molecule has 0 aromatic heterocycles. The molecule has 1 aromatic rings. The van der Waals surface area contributed by atoms with Gasteiger partial charge in [-0.15, -0.1) is 0 Å². The van der Waals surface area contributed by atoms with Crippen LogP contribution in [0.5, 0.6) is 0 Å². The molecule has 1 saturated carbocycles. The van der Waals surface area contributed by atoms with Gasteiger partial charge in [-0.1, -0.05) is 28.8 Å². The number of carbonyl (C=O) groups excluding carboxylic acids is 1. The third kappa shape index (κ3) is 3.48. The molecule has 0 radical (unpaired) electrons. The molecule has 2 unspecified atom stereocenters. The highest BCUT2D eigenvalue weighted by Crippen LogP contribution is 2.36. The van der Waals surface area contributed by atoms with E-state index in [0.717, 1.165) is 17.3 Å². The molecular formula is C15H17Br2NO3. The van der Waals surface area contributed by atoms with E-state index in [0.29, 0.717) is 22.9 Å². The number of benzene rings is 1. The lowest BCUT2D eigenvalue weighted by atomic mass is 9.71. The van der Waals surface area contributed by atoms with Gasteiger partial charge in [0.15, 0.2) is 0 Å². The summed E-state index contributed by atoms with van der Waals surface area (Å²) < 4.78 is 1.50. The molecule has 0 bridgehead atoms. The molecule has 1 aromatic carbocycles. The average Bonchev–Trinajstić information content (AvgIpc) is 2.43. The van der Waals surface area contributed by atoms with E-state index in [1.54, 1.807) is 19.1 Å². The molecule has 0 heterocycles. The van der Waals surface area contributed by atoms with Crippen LogP contribution in [0.1, 0.15) is 43.0 Å². The van der Waals surface area contributed by atoms with Gasteiger partial charge in [-0.25, -0.2) is 0 Å². The predicted molar refractivity (Wildman–Crippen MR) is 87.3 cm³/mol. The van der Waals surface area contributed by atoms with Crippen molar-refractivity contribution in [2.45, 2.75) is 38.6 Å². The standard InChI is InChI=1S/C15H17Br2NO3/c1-15(14(20)21)7-3-2-4-12(15)18-13(19)10-8-9(16)5-6-11(10)17/h5-6,8,12H,2-4,7H2,1H3,(H,18,19)(H,20,21). The molecular weight excluding hydrogens is 402 g/mol. The van der Waals surface area contributed by atoms with Gasteiger partial charge >= 0.3 is 5.97 Å². The van der Waals surface area contributed by atoms with Crippen molar-refractivity contribution in [1.29, 1.82) is 0 Å². The molecule has 2 rings (SSSR count). The van der Waals surface area contributed by atoms with Crippen molar-refractivity contribution in [3.63, 3.8) is 0 Å². The summed E-state index contributed by atoms with van der Waals surface area (Å²) in [5.74, 6) is -1.09. The molecule has 1 amide bonds. The highest BCUT2D eigenvalue weighted by molar-refractivity contribution is 9.11. The van der Waals surface area contributed by atoms with E-state index in [1.165, 1.54) is 0 Å². The van der Waals surface area contributed by atoms with E-state index in [2.05, 4.69) is 37.2 Å². The summed E-state index contributed by atoms with van der Waals surface area (Å²) in [7, 11) is 0. The van der Waals surface area contributed by atoms with Gasteiger partial charge in [0.25, 0.3) is 5.91 Å². The Bertz CT molecular complexity index is 576. The summed E-state index contributed by atoms with van der Waals surface area (Å²) in [5.41, 5.74) is -0.394. The van der Waals surface area contributed by atoms with Gasteiger partial charge < -0.3 is 10.4 Å². The fourth-order valence-corrected chi connectivity index (χ4v) is 3.52. The zero-order chi connectivity index (χ0) is 15.6. The van der Waals surface area contributed by atoms with Gasteiger partial charge in [0.05, 0.1) is 11.0 Å². The number of carboxylic acid groups (broad SMARTS) is 1. The second-order valence-corrected chi connectivity index (χ2v) is 7.39. The summed E-state index contributed by atoms with van der Waals surface area (Å²) >= 11 is 6.70. The first-order chi connectivity index (χ1) is 9.84. The van der Waals surface area contributed by atoms with Crippen molar-refractivity contribution < 1.29 is 14.7 Å². The molecule has 0 saturated heterocycles. The highest BCUT2D eigenvalue weighted by Gasteiger charge is 2.44. The molecule has 1 aliphatic rings. The van der Waals surface area contributed by atoms with Gasteiger partial charge in [-0.3, -0.25) is 9.59 Å². The largest absolute Gasteiger partial charge is 0.481 e. The van der Waals surface area contributed by atoms with Crippen LogP contribution in [0.2, 0.25) is 0 Å². The Hall–Kier alpha value is -0.880. The second-order valence-electron chi connectivity index (χ2n) is 5.62. The third-order valence-corrected chi connectivity index (χ3v) is 5.36. The summed E-state index contributed by atoms with van der Waals surface area (Å²) in [5, 5.41) is 12.4. The normalized spacial score (nSPS) is 25.4. The van der Waals surface area contributed by atoms with Crippen LogP contribution in [0.15, 0.2) is 27.1 Å². The Balaban J connectivity index is 2.21. The molecule has 0 aliphatic heterocycles. The number of nitrogens with one attached hydrogen (secondary N) is 1. The van der Waals surface area contributed by atoms with Crippen LogP contribution >= 0.6 is 31.9 Å². The van der Waals surface area contributed by atoms with Gasteiger partial charge in [0, 0.05) is 15.0 Å². The quantitative estimate of drug-likeness (QED) is 0.780. The maximum absolute atomic E-state index is 12.4. The number of carbonyl (C=O) groups is 2. The fraction of sp³-hybridized carbons (Fsp3) is 0.467. The molecule has 6 heteroatoms. The van der Waals surface area contributed by atoms with Gasteiger partial charge in [0.1, 0.15) is 0 Å². The molecule has 1 aliphatic carbocycles. The second kappa shape index (κ2) is 6.48. The van der Waals surface area contributed by atoms with Crippen molar-refractivity contribution in [3.8, 4) is 0 Å². The van der Waals surface area contributed by atoms with Gasteiger partial charge in [0.2, 0.25) is 0 Å². The van der Waals surface area contributed by atoms with Crippen LogP contribution in [-0.4, -0.2) is 23.0 Å². The minimum Gasteiger partial charge on any atom is -0.481 e. The Morgan fingerprint density at radius 2 is 2.05 bits per heavy atom. The van der Waals surface area contributed by atoms with Crippen LogP contribution in [0.4, 0.5) is 0 Å². The predicted octanol–water partition coefficient (Wildman–Crippen LogP) is 3.97. The molecule has 2 atom stereocenters. The maximum atomic E-state index is 12.4. The molecule has 0 spiro atoms. The topological polar surface area (TPSA) is 66.4 Å². The third-order valence-electron chi connectivity index (χ3n) is 4.17. The van der Waals surface area contributed by atoms with Gasteiger partial charge in [-0.05, 0) is 53.9 Å². The molecule has 2 N–H and O–H groups in total. The Morgan fingerprint density at radius 1 is 1.33 bits per heavy atom.